The van der Waals surface area contributed by atoms with Gasteiger partial charge in [0.15, 0.2) is 0 Å². The molecule has 0 aliphatic carbocycles. The fourth-order valence-electron chi connectivity index (χ4n) is 10.8. The van der Waals surface area contributed by atoms with Gasteiger partial charge in [-0.25, -0.2) is 4.98 Å². The zero-order valence-electron chi connectivity index (χ0n) is 38.3. The van der Waals surface area contributed by atoms with E-state index in [0.29, 0.717) is 11.5 Å². The van der Waals surface area contributed by atoms with Gasteiger partial charge >= 0.3 is 0 Å². The second-order valence-corrected chi connectivity index (χ2v) is 17.6. The van der Waals surface area contributed by atoms with Crippen molar-refractivity contribution in [2.45, 2.75) is 0 Å². The first kappa shape index (κ1) is 42.3. The number of rotatable bonds is 8. The van der Waals surface area contributed by atoms with E-state index < -0.39 is 0 Å². The van der Waals surface area contributed by atoms with Crippen LogP contribution in [-0.2, 0) is 28.1 Å². The maximum Gasteiger partial charge on any atom is 0.267 e. The summed E-state index contributed by atoms with van der Waals surface area (Å²) in [5, 5.41) is 6.98. The number of benzene rings is 9. The van der Waals surface area contributed by atoms with Gasteiger partial charge < -0.3 is 23.0 Å². The van der Waals surface area contributed by atoms with Gasteiger partial charge in [-0.15, -0.1) is 24.3 Å². The van der Waals surface area contributed by atoms with Crippen molar-refractivity contribution in [2.75, 3.05) is 0 Å². The number of pyridine rings is 1. The van der Waals surface area contributed by atoms with Gasteiger partial charge in [0.2, 0.25) is 0 Å². The fourth-order valence-corrected chi connectivity index (χ4v) is 10.8. The third-order valence-corrected chi connectivity index (χ3v) is 13.7. The average Bonchev–Trinajstić information content (AvgIpc) is 4.20. The first-order chi connectivity index (χ1) is 34.7. The predicted molar refractivity (Wildman–Crippen MR) is 282 cm³/mol. The molecule has 71 heavy (non-hydrogen) atoms. The number of nitrogens with zero attached hydrogens (tertiary/aromatic N) is 6. The number of hydrogen-bond donors (Lipinski definition) is 0. The average molecular weight is 1090 g/mol. The van der Waals surface area contributed by atoms with Crippen LogP contribution in [0.5, 0.6) is 11.5 Å². The number of fused-ring (bicyclic) bond motifs is 12. The number of aryl methyl sites for hydroxylation is 1. The largest absolute Gasteiger partial charge is 0.510 e. The Balaban J connectivity index is 0.00000492. The number of ether oxygens (including phenoxy) is 1. The topological polar surface area (TPSA) is 45.7 Å². The van der Waals surface area contributed by atoms with Crippen LogP contribution in [0.1, 0.15) is 0 Å². The van der Waals surface area contributed by atoms with Gasteiger partial charge in [-0.3, -0.25) is 4.57 Å². The maximum atomic E-state index is 6.78. The zero-order valence-corrected chi connectivity index (χ0v) is 40.5. The monoisotopic (exact) mass is 1090 g/mol. The van der Waals surface area contributed by atoms with Crippen LogP contribution >= 0.6 is 0 Å². The molecule has 0 atom stereocenters. The van der Waals surface area contributed by atoms with Crippen LogP contribution in [-0.4, -0.2) is 23.3 Å². The molecule has 14 rings (SSSR count). The molecule has 0 aliphatic rings. The van der Waals surface area contributed by atoms with E-state index in [4.69, 9.17) is 9.72 Å². The van der Waals surface area contributed by atoms with Crippen molar-refractivity contribution in [2.24, 2.45) is 7.05 Å². The van der Waals surface area contributed by atoms with Crippen molar-refractivity contribution in [3.63, 3.8) is 0 Å². The van der Waals surface area contributed by atoms with Crippen LogP contribution in [0.15, 0.2) is 225 Å². The van der Waals surface area contributed by atoms with Crippen LogP contribution < -0.4 is 9.30 Å². The van der Waals surface area contributed by atoms with E-state index in [2.05, 4.69) is 208 Å². The van der Waals surface area contributed by atoms with Crippen LogP contribution in [0.4, 0.5) is 0 Å². The molecule has 5 heterocycles. The normalized spacial score (nSPS) is 11.6. The third-order valence-electron chi connectivity index (χ3n) is 13.7. The van der Waals surface area contributed by atoms with Gasteiger partial charge in [0.1, 0.15) is 5.82 Å². The minimum absolute atomic E-state index is 0. The molecule has 0 aliphatic heterocycles. The summed E-state index contributed by atoms with van der Waals surface area (Å²) in [6.07, 6.45) is 9.54. The summed E-state index contributed by atoms with van der Waals surface area (Å²) in [5.74, 6) is 1.91. The van der Waals surface area contributed by atoms with E-state index >= 15 is 0 Å². The van der Waals surface area contributed by atoms with Crippen molar-refractivity contribution in [1.82, 2.24) is 23.3 Å². The summed E-state index contributed by atoms with van der Waals surface area (Å²) in [7, 11) is 2.18. The molecule has 0 N–H and O–H groups in total. The standard InChI is InChI=1S/C63H40N6O.Pt/c1-65-53-31-13-11-27-50(53)58-57-51-28-12-14-32-54(51)68(44-23-9-4-10-24-44)61(57)59-52-35-34-47(40-55(52)69(63(59)62(58)65)56-33-15-16-36-64-56)70-46-26-17-25-45(39-46)66-37-38-67(41-66)60-48(42-19-5-2-6-20-42)29-18-30-49(60)43-21-7-3-8-22-43;/h2-38H,1H3;/q-2;. The molecule has 5 aromatic heterocycles. The molecular weight excluding hydrogens is 1050 g/mol. The second-order valence-electron chi connectivity index (χ2n) is 17.6. The molecule has 0 bridgehead atoms. The van der Waals surface area contributed by atoms with E-state index in [1.807, 2.05) is 65.5 Å². The van der Waals surface area contributed by atoms with Gasteiger partial charge in [0.05, 0.1) is 27.8 Å². The molecular formula is C63H40N6OPt-2. The predicted octanol–water partition coefficient (Wildman–Crippen LogP) is 14.5. The summed E-state index contributed by atoms with van der Waals surface area (Å²) in [6, 6.07) is 79.3. The minimum atomic E-state index is 0. The van der Waals surface area contributed by atoms with Crippen LogP contribution in [0.3, 0.4) is 0 Å². The van der Waals surface area contributed by atoms with Gasteiger partial charge in [0.25, 0.3) is 6.33 Å². The van der Waals surface area contributed by atoms with Crippen LogP contribution in [0.25, 0.3) is 111 Å². The van der Waals surface area contributed by atoms with Crippen molar-refractivity contribution in [3.8, 4) is 56.6 Å². The molecule has 14 aromatic rings. The zero-order chi connectivity index (χ0) is 46.3. The molecule has 0 unspecified atom stereocenters. The molecule has 7 nitrogen and oxygen atoms in total. The molecule has 0 radical (unpaired) electrons. The Bertz CT molecular complexity index is 4270. The first-order valence-electron chi connectivity index (χ1n) is 23.4. The molecule has 0 amide bonds. The van der Waals surface area contributed by atoms with E-state index in [1.54, 1.807) is 0 Å². The van der Waals surface area contributed by atoms with Crippen molar-refractivity contribution in [1.29, 1.82) is 0 Å². The molecule has 9 aromatic carbocycles. The molecule has 8 heteroatoms. The molecule has 340 valence electrons. The quantitative estimate of drug-likeness (QED) is 0.112. The number of para-hydroxylation sites is 4. The summed E-state index contributed by atoms with van der Waals surface area (Å²) < 4.78 is 17.9. The Labute approximate surface area is 423 Å². The maximum absolute atomic E-state index is 6.78. The molecule has 0 fully saturated rings. The first-order valence-corrected chi connectivity index (χ1v) is 23.4. The van der Waals surface area contributed by atoms with Gasteiger partial charge in [-0.05, 0) is 69.7 Å². The van der Waals surface area contributed by atoms with E-state index in [0.717, 1.165) is 89.0 Å². The van der Waals surface area contributed by atoms with E-state index in [1.165, 1.54) is 21.5 Å². The summed E-state index contributed by atoms with van der Waals surface area (Å²) >= 11 is 0. The third kappa shape index (κ3) is 6.69. The number of aromatic nitrogens is 6. The van der Waals surface area contributed by atoms with Crippen molar-refractivity contribution < 1.29 is 30.4 Å². The minimum Gasteiger partial charge on any atom is -0.510 e. The summed E-state index contributed by atoms with van der Waals surface area (Å²) in [4.78, 5) is 5.01. The Hall–Kier alpha value is -8.77. The summed E-state index contributed by atoms with van der Waals surface area (Å²) in [5.41, 5.74) is 13.9. The SMILES string of the molecule is Cn1c2ccccc2c2c3c4ccccc4n(-c4ccccc4)c3c3c4ccc(Oc5[c-]c(-[n+]6[c-]n(-c7c(-c8ccccc8)cccc7-c7ccccc7)cc6)ccc5)[c-]c4n(-c4ccccn4)c3c21.[Pt]. The van der Waals surface area contributed by atoms with Crippen LogP contribution in [0, 0.1) is 18.5 Å². The van der Waals surface area contributed by atoms with Gasteiger partial charge in [0, 0.05) is 91.0 Å². The van der Waals surface area contributed by atoms with Crippen LogP contribution in [0.2, 0.25) is 0 Å². The van der Waals surface area contributed by atoms with Gasteiger partial charge in [-0.2, -0.15) is 18.2 Å². The van der Waals surface area contributed by atoms with Crippen molar-refractivity contribution >= 4 is 65.4 Å². The smallest absolute Gasteiger partial charge is 0.267 e. The Morgan fingerprint density at radius 2 is 1.11 bits per heavy atom. The van der Waals surface area contributed by atoms with E-state index in [9.17, 15) is 0 Å². The Kier molecular flexibility index (Phi) is 10.2. The Morgan fingerprint density at radius 3 is 1.83 bits per heavy atom. The number of imidazole rings is 1. The Morgan fingerprint density at radius 1 is 0.493 bits per heavy atom. The number of hydrogen-bond acceptors (Lipinski definition) is 2. The van der Waals surface area contributed by atoms with E-state index in [-0.39, 0.29) is 21.1 Å². The van der Waals surface area contributed by atoms with Gasteiger partial charge in [-0.1, -0.05) is 150 Å². The molecule has 0 spiro atoms. The second kappa shape index (κ2) is 17.0. The summed E-state index contributed by atoms with van der Waals surface area (Å²) in [6.45, 7) is 0. The van der Waals surface area contributed by atoms with Crippen molar-refractivity contribution in [3.05, 3.63) is 243 Å². The molecule has 0 saturated carbocycles. The molecule has 0 saturated heterocycles. The fraction of sp³-hybridized carbons (Fsp3) is 0.0159.